The Labute approximate surface area is 238 Å². The van der Waals surface area contributed by atoms with E-state index in [9.17, 15) is 34.3 Å². The molecule has 1 aliphatic rings. The number of phosphoric acid groups is 1. The SMILES string of the molecule is O=c1[nH]c(=O)c2ncn(OP(=O)(OC[C@H]3O[C@@H](n4cnc5c(O)ncnc54)C(O)C3O)On3cnc4c(=O)nc[nH]c43)c2[nH]1. The third-order valence-electron chi connectivity index (χ3n) is 6.46. The van der Waals surface area contributed by atoms with E-state index < -0.39 is 61.7 Å². The van der Waals surface area contributed by atoms with Gasteiger partial charge in [0.2, 0.25) is 5.88 Å². The van der Waals surface area contributed by atoms with Gasteiger partial charge in [0.05, 0.1) is 19.3 Å². The van der Waals surface area contributed by atoms with Crippen molar-refractivity contribution >= 4 is 41.3 Å². The maximum Gasteiger partial charge on any atom is 0.626 e. The maximum atomic E-state index is 14.0. The van der Waals surface area contributed by atoms with E-state index >= 15 is 0 Å². The van der Waals surface area contributed by atoms with E-state index in [0.29, 0.717) is 4.73 Å². The van der Waals surface area contributed by atoms with Crippen LogP contribution in [-0.4, -0.2) is 99.1 Å². The van der Waals surface area contributed by atoms with Crippen LogP contribution in [0.15, 0.2) is 46.0 Å². The molecule has 7 rings (SSSR count). The minimum Gasteiger partial charge on any atom is -0.492 e. The molecular formula is C20H17N12O11P. The number of fused-ring (bicyclic) bond motifs is 3. The Hall–Kier alpha value is -5.48. The molecule has 0 aromatic carbocycles. The third-order valence-corrected chi connectivity index (χ3v) is 7.67. The van der Waals surface area contributed by atoms with Gasteiger partial charge >= 0.3 is 19.1 Å². The van der Waals surface area contributed by atoms with Gasteiger partial charge in [0.1, 0.15) is 37.3 Å². The van der Waals surface area contributed by atoms with Crippen molar-refractivity contribution in [3.8, 4) is 5.88 Å². The van der Waals surface area contributed by atoms with Crippen molar-refractivity contribution in [2.75, 3.05) is 6.61 Å². The number of aliphatic hydroxyl groups excluding tert-OH is 2. The number of rotatable bonds is 8. The molecule has 6 N–H and O–H groups in total. The number of hydrogen-bond donors (Lipinski definition) is 6. The zero-order valence-electron chi connectivity index (χ0n) is 21.5. The quantitative estimate of drug-likeness (QED) is 0.0895. The Morgan fingerprint density at radius 1 is 0.886 bits per heavy atom. The number of nitrogens with one attached hydrogen (secondary N) is 3. The van der Waals surface area contributed by atoms with E-state index in [-0.39, 0.29) is 33.5 Å². The number of aromatic hydroxyl groups is 1. The zero-order valence-corrected chi connectivity index (χ0v) is 22.4. The molecule has 7 heterocycles. The molecule has 0 aliphatic carbocycles. The summed E-state index contributed by atoms with van der Waals surface area (Å²) < 4.78 is 38.8. The van der Waals surface area contributed by atoms with Gasteiger partial charge in [-0.1, -0.05) is 0 Å². The van der Waals surface area contributed by atoms with E-state index in [1.165, 1.54) is 10.9 Å². The van der Waals surface area contributed by atoms with Crippen LogP contribution >= 0.6 is 7.82 Å². The second-order valence-corrected chi connectivity index (χ2v) is 10.6. The van der Waals surface area contributed by atoms with E-state index in [1.807, 2.05) is 4.98 Å². The van der Waals surface area contributed by atoms with Crippen molar-refractivity contribution in [2.45, 2.75) is 24.5 Å². The molecule has 24 heteroatoms. The Morgan fingerprint density at radius 3 is 2.41 bits per heavy atom. The summed E-state index contributed by atoms with van der Waals surface area (Å²) in [5.74, 6) is -0.420. The van der Waals surface area contributed by atoms with Gasteiger partial charge < -0.3 is 25.0 Å². The van der Waals surface area contributed by atoms with Crippen molar-refractivity contribution in [3.63, 3.8) is 0 Å². The molecule has 0 saturated carbocycles. The molecule has 0 spiro atoms. The number of imidazole rings is 3. The summed E-state index contributed by atoms with van der Waals surface area (Å²) in [6.45, 7) is -0.743. The summed E-state index contributed by atoms with van der Waals surface area (Å²) >= 11 is 0. The highest BCUT2D eigenvalue weighted by molar-refractivity contribution is 7.48. The minimum absolute atomic E-state index is 0.00836. The summed E-state index contributed by atoms with van der Waals surface area (Å²) in [4.78, 5) is 65.7. The largest absolute Gasteiger partial charge is 0.626 e. The number of hydrogen-bond acceptors (Lipinski definition) is 17. The van der Waals surface area contributed by atoms with Crippen LogP contribution in [0.5, 0.6) is 5.88 Å². The Bertz CT molecular complexity index is 2270. The van der Waals surface area contributed by atoms with Crippen molar-refractivity contribution in [1.82, 2.24) is 58.9 Å². The number of aromatic nitrogens is 12. The second-order valence-electron chi connectivity index (χ2n) is 9.12. The van der Waals surface area contributed by atoms with Crippen LogP contribution in [0, 0.1) is 0 Å². The average molecular weight is 632 g/mol. The van der Waals surface area contributed by atoms with Crippen LogP contribution < -0.4 is 26.1 Å². The van der Waals surface area contributed by atoms with Gasteiger partial charge in [0.15, 0.2) is 39.7 Å². The van der Waals surface area contributed by atoms with Gasteiger partial charge in [0, 0.05) is 0 Å². The molecule has 3 unspecified atom stereocenters. The summed E-state index contributed by atoms with van der Waals surface area (Å²) in [5, 5.41) is 31.4. The predicted molar refractivity (Wildman–Crippen MR) is 139 cm³/mol. The van der Waals surface area contributed by atoms with Gasteiger partial charge in [-0.05, 0) is 0 Å². The number of ether oxygens (including phenoxy) is 1. The predicted octanol–water partition coefficient (Wildman–Crippen LogP) is -3.31. The first-order valence-electron chi connectivity index (χ1n) is 12.2. The summed E-state index contributed by atoms with van der Waals surface area (Å²) in [6.07, 6.45) is -0.702. The third kappa shape index (κ3) is 4.47. The zero-order chi connectivity index (χ0) is 30.7. The Kier molecular flexibility index (Phi) is 6.26. The van der Waals surface area contributed by atoms with Gasteiger partial charge in [-0.3, -0.25) is 37.9 Å². The minimum atomic E-state index is -4.95. The Morgan fingerprint density at radius 2 is 1.61 bits per heavy atom. The molecular weight excluding hydrogens is 615 g/mol. The van der Waals surface area contributed by atoms with Crippen molar-refractivity contribution in [1.29, 1.82) is 0 Å². The number of H-pyrrole nitrogens is 3. The van der Waals surface area contributed by atoms with Crippen molar-refractivity contribution in [2.24, 2.45) is 0 Å². The van der Waals surface area contributed by atoms with Crippen LogP contribution in [0.3, 0.4) is 0 Å². The van der Waals surface area contributed by atoms with Gasteiger partial charge in [-0.2, -0.15) is 9.97 Å². The van der Waals surface area contributed by atoms with Gasteiger partial charge in [0.25, 0.3) is 5.56 Å². The number of aliphatic hydroxyl groups is 2. The topological polar surface area (TPSA) is 305 Å². The average Bonchev–Trinajstić information content (AvgIpc) is 3.76. The molecule has 1 saturated heterocycles. The van der Waals surface area contributed by atoms with Crippen molar-refractivity contribution < 1.29 is 38.4 Å². The van der Waals surface area contributed by atoms with Crippen LogP contribution in [0.4, 0.5) is 0 Å². The molecule has 1 aliphatic heterocycles. The first kappa shape index (κ1) is 27.4. The van der Waals surface area contributed by atoms with Crippen molar-refractivity contribution in [3.05, 3.63) is 62.8 Å². The molecule has 1 fully saturated rings. The highest BCUT2D eigenvalue weighted by Crippen LogP contribution is 2.45. The summed E-state index contributed by atoms with van der Waals surface area (Å²) in [5.41, 5.74) is -3.33. The highest BCUT2D eigenvalue weighted by atomic mass is 31.2. The number of nitrogens with zero attached hydrogens (tertiary/aromatic N) is 9. The lowest BCUT2D eigenvalue weighted by Gasteiger charge is -2.21. The van der Waals surface area contributed by atoms with Gasteiger partial charge in [-0.15, -0.1) is 9.46 Å². The van der Waals surface area contributed by atoms with E-state index in [0.717, 1.165) is 30.0 Å². The lowest BCUT2D eigenvalue weighted by molar-refractivity contribution is -0.0528. The fraction of sp³-hybridized carbons (Fsp3) is 0.250. The molecule has 6 aromatic rings. The van der Waals surface area contributed by atoms with Crippen LogP contribution in [-0.2, 0) is 13.8 Å². The first-order valence-corrected chi connectivity index (χ1v) is 13.7. The van der Waals surface area contributed by atoms with Gasteiger partial charge in [-0.25, -0.2) is 29.3 Å². The molecule has 23 nitrogen and oxygen atoms in total. The van der Waals surface area contributed by atoms with E-state index in [2.05, 4.69) is 39.9 Å². The molecule has 5 atom stereocenters. The van der Waals surface area contributed by atoms with Crippen LogP contribution in [0.2, 0.25) is 0 Å². The highest BCUT2D eigenvalue weighted by Gasteiger charge is 2.46. The molecule has 0 radical (unpaired) electrons. The maximum absolute atomic E-state index is 14.0. The Balaban J connectivity index is 1.20. The molecule has 0 amide bonds. The van der Waals surface area contributed by atoms with Crippen LogP contribution in [0.1, 0.15) is 6.23 Å². The molecule has 44 heavy (non-hydrogen) atoms. The monoisotopic (exact) mass is 632 g/mol. The first-order chi connectivity index (χ1) is 21.1. The summed E-state index contributed by atoms with van der Waals surface area (Å²) in [7, 11) is -4.95. The smallest absolute Gasteiger partial charge is 0.492 e. The van der Waals surface area contributed by atoms with Crippen LogP contribution in [0.25, 0.3) is 33.5 Å². The molecule has 0 bridgehead atoms. The second kappa shape index (κ2) is 10.1. The lowest BCUT2D eigenvalue weighted by atomic mass is 10.1. The fourth-order valence-electron chi connectivity index (χ4n) is 4.44. The normalized spacial score (nSPS) is 21.7. The molecule has 228 valence electrons. The lowest BCUT2D eigenvalue weighted by Crippen LogP contribution is -2.34. The molecule has 6 aromatic heterocycles. The van der Waals surface area contributed by atoms with E-state index in [4.69, 9.17) is 18.5 Å². The van der Waals surface area contributed by atoms with E-state index in [1.54, 1.807) is 0 Å². The fourth-order valence-corrected chi connectivity index (χ4v) is 5.57. The summed E-state index contributed by atoms with van der Waals surface area (Å²) in [6, 6.07) is 0. The standard InChI is InChI=1S/C20H17N12O11P/c33-11-7(41-19(12(11)34)30-4-25-8-13(30)21-2-23-16(8)35)1-40-44(39,42-31-5-26-9-14(31)22-3-24-17(9)36)43-32-6-27-10-15(32)28-20(38)29-18(10)37/h2-7,11-12,19,33-34H,1H2,(H,21,23,35)(H,22,24,36)(H2,28,29,37,38)/t7-,11?,12?,19-,44?/m1/s1. The number of aromatic amines is 3.